The first-order valence-corrected chi connectivity index (χ1v) is 27.6. The predicted octanol–water partition coefficient (Wildman–Crippen LogP) is 16.9. The molecule has 4 N–H and O–H groups in total. The second-order valence-corrected chi connectivity index (χ2v) is 19.2. The molecule has 3 atom stereocenters. The highest BCUT2D eigenvalue weighted by atomic mass is 16.3. The van der Waals surface area contributed by atoms with Crippen LogP contribution in [0.3, 0.4) is 0 Å². The number of rotatable bonds is 51. The summed E-state index contributed by atoms with van der Waals surface area (Å²) in [5.74, 6) is -0.320. The zero-order valence-electron chi connectivity index (χ0n) is 41.3. The lowest BCUT2D eigenvalue weighted by atomic mass is 10.0. The Balaban J connectivity index is 3.52. The molecule has 0 bridgehead atoms. The zero-order valence-corrected chi connectivity index (χ0v) is 41.3. The van der Waals surface area contributed by atoms with Gasteiger partial charge in [-0.25, -0.2) is 0 Å². The number of hydrogen-bond acceptors (Lipinski definition) is 4. The van der Waals surface area contributed by atoms with Gasteiger partial charge in [-0.15, -0.1) is 0 Å². The molecule has 61 heavy (non-hydrogen) atoms. The maximum Gasteiger partial charge on any atom is 0.222 e. The van der Waals surface area contributed by atoms with Gasteiger partial charge >= 0.3 is 0 Å². The largest absolute Gasteiger partial charge is 0.394 e. The highest BCUT2D eigenvalue weighted by Gasteiger charge is 2.20. The molecule has 0 aliphatic heterocycles. The molecule has 3 unspecified atom stereocenters. The van der Waals surface area contributed by atoms with Gasteiger partial charge in [-0.3, -0.25) is 4.79 Å². The average Bonchev–Trinajstić information content (AvgIpc) is 3.25. The first-order valence-electron chi connectivity index (χ1n) is 27.6. The molecule has 362 valence electrons. The molecule has 0 spiro atoms. The van der Waals surface area contributed by atoms with Gasteiger partial charge in [-0.2, -0.15) is 0 Å². The molecule has 0 aliphatic rings. The number of allylic oxidation sites excluding steroid dienone is 3. The summed E-state index contributed by atoms with van der Waals surface area (Å²) in [6, 6.07) is -0.758. The van der Waals surface area contributed by atoms with Crippen LogP contribution in [0.4, 0.5) is 0 Å². The van der Waals surface area contributed by atoms with Crippen LogP contribution in [0.25, 0.3) is 0 Å². The second-order valence-electron chi connectivity index (χ2n) is 19.2. The van der Waals surface area contributed by atoms with Crippen LogP contribution < -0.4 is 5.32 Å². The minimum atomic E-state index is -0.949. The molecule has 5 heteroatoms. The molecule has 5 nitrogen and oxygen atoms in total. The highest BCUT2D eigenvalue weighted by molar-refractivity contribution is 5.76. The summed E-state index contributed by atoms with van der Waals surface area (Å²) in [4.78, 5) is 12.5. The molecular weight excluding hydrogens is 751 g/mol. The van der Waals surface area contributed by atoms with Gasteiger partial charge in [0.1, 0.15) is 0 Å². The van der Waals surface area contributed by atoms with Crippen LogP contribution in [-0.2, 0) is 4.79 Å². The lowest BCUT2D eigenvalue weighted by Crippen LogP contribution is -2.45. The Morgan fingerprint density at radius 3 is 1.05 bits per heavy atom. The maximum absolute atomic E-state index is 12.5. The SMILES string of the molecule is CCCCCCCCCCCC/C=C/CC/C=C/C(O)C(CO)NC(=O)CC(O)CCCCCCCCCCCCCCCCCCCCCCCCCCCCCCCC. The van der Waals surface area contributed by atoms with Gasteiger partial charge in [0, 0.05) is 0 Å². The predicted molar refractivity (Wildman–Crippen MR) is 268 cm³/mol. The van der Waals surface area contributed by atoms with Crippen molar-refractivity contribution in [1.82, 2.24) is 5.32 Å². The van der Waals surface area contributed by atoms with E-state index in [1.807, 2.05) is 6.08 Å². The third kappa shape index (κ3) is 48.1. The van der Waals surface area contributed by atoms with Gasteiger partial charge in [0.25, 0.3) is 0 Å². The van der Waals surface area contributed by atoms with Crippen molar-refractivity contribution >= 4 is 5.91 Å². The number of unbranched alkanes of at least 4 members (excludes halogenated alkanes) is 40. The van der Waals surface area contributed by atoms with Crippen molar-refractivity contribution in [1.29, 1.82) is 0 Å². The smallest absolute Gasteiger partial charge is 0.222 e. The van der Waals surface area contributed by atoms with E-state index in [4.69, 9.17) is 0 Å². The number of aliphatic hydroxyl groups excluding tert-OH is 3. The van der Waals surface area contributed by atoms with Gasteiger partial charge in [0.05, 0.1) is 31.3 Å². The van der Waals surface area contributed by atoms with E-state index >= 15 is 0 Å². The van der Waals surface area contributed by atoms with Crippen LogP contribution in [0, 0.1) is 0 Å². The van der Waals surface area contributed by atoms with Crippen LogP contribution in [0.15, 0.2) is 24.3 Å². The fourth-order valence-corrected chi connectivity index (χ4v) is 8.77. The number of carbonyl (C=O) groups excluding carboxylic acids is 1. The van der Waals surface area contributed by atoms with Gasteiger partial charge in [-0.05, 0) is 32.1 Å². The van der Waals surface area contributed by atoms with E-state index in [9.17, 15) is 20.1 Å². The molecule has 0 rings (SSSR count). The molecule has 0 saturated heterocycles. The standard InChI is InChI=1S/C56H109NO4/c1-3-5-7-9-11-13-15-17-19-21-22-23-24-25-26-27-28-29-30-31-32-33-34-35-37-39-41-43-45-47-49-53(59)51-56(61)57-54(52-58)55(60)50-48-46-44-42-40-38-36-20-18-16-14-12-10-8-6-4-2/h40,42,48,50,53-55,58-60H,3-39,41,43-47,49,51-52H2,1-2H3,(H,57,61)/b42-40+,50-48+. The van der Waals surface area contributed by atoms with Crippen LogP contribution in [0.2, 0.25) is 0 Å². The van der Waals surface area contributed by atoms with Crippen molar-refractivity contribution in [2.45, 2.75) is 321 Å². The van der Waals surface area contributed by atoms with Gasteiger partial charge < -0.3 is 20.6 Å². The third-order valence-corrected chi connectivity index (χ3v) is 13.0. The number of aliphatic hydroxyl groups is 3. The zero-order chi connectivity index (χ0) is 44.4. The lowest BCUT2D eigenvalue weighted by molar-refractivity contribution is -0.124. The number of nitrogens with one attached hydrogen (secondary N) is 1. The normalized spacial score (nSPS) is 13.5. The molecule has 0 heterocycles. The average molecular weight is 860 g/mol. The van der Waals surface area contributed by atoms with E-state index in [-0.39, 0.29) is 18.9 Å². The summed E-state index contributed by atoms with van der Waals surface area (Å²) in [6.45, 7) is 4.23. The second kappa shape index (κ2) is 51.5. The summed E-state index contributed by atoms with van der Waals surface area (Å²) in [5.41, 5.74) is 0. The van der Waals surface area contributed by atoms with E-state index in [1.54, 1.807) is 6.08 Å². The Bertz CT molecular complexity index is 905. The number of carbonyl (C=O) groups is 1. The number of hydrogen-bond donors (Lipinski definition) is 4. The highest BCUT2D eigenvalue weighted by Crippen LogP contribution is 2.18. The quantitative estimate of drug-likeness (QED) is 0.0362. The van der Waals surface area contributed by atoms with Crippen LogP contribution in [0.1, 0.15) is 303 Å². The molecule has 0 aromatic rings. The molecule has 0 aromatic heterocycles. The van der Waals surface area contributed by atoms with Crippen molar-refractivity contribution < 1.29 is 20.1 Å². The Morgan fingerprint density at radius 2 is 0.705 bits per heavy atom. The number of amides is 1. The van der Waals surface area contributed by atoms with Gasteiger partial charge in [-0.1, -0.05) is 289 Å². The van der Waals surface area contributed by atoms with E-state index in [1.165, 1.54) is 244 Å². The minimum absolute atomic E-state index is 0.0103. The first kappa shape index (κ1) is 59.8. The van der Waals surface area contributed by atoms with Gasteiger partial charge in [0.2, 0.25) is 5.91 Å². The molecule has 0 saturated carbocycles. The summed E-state index contributed by atoms with van der Waals surface area (Å²) >= 11 is 0. The van der Waals surface area contributed by atoms with E-state index in [0.717, 1.165) is 32.1 Å². The first-order chi connectivity index (χ1) is 30.0. The fraction of sp³-hybridized carbons (Fsp3) is 0.911. The molecule has 0 fully saturated rings. The Kier molecular flexibility index (Phi) is 50.5. The molecule has 0 radical (unpaired) electrons. The Labute approximate surface area is 382 Å². The monoisotopic (exact) mass is 860 g/mol. The Morgan fingerprint density at radius 1 is 0.410 bits per heavy atom. The Hall–Kier alpha value is -1.17. The molecule has 0 aromatic carbocycles. The van der Waals surface area contributed by atoms with E-state index in [0.29, 0.717) is 6.42 Å². The minimum Gasteiger partial charge on any atom is -0.394 e. The summed E-state index contributed by atoms with van der Waals surface area (Å²) < 4.78 is 0. The summed E-state index contributed by atoms with van der Waals surface area (Å²) in [5, 5.41) is 33.4. The summed E-state index contributed by atoms with van der Waals surface area (Å²) in [7, 11) is 0. The van der Waals surface area contributed by atoms with Crippen LogP contribution >= 0.6 is 0 Å². The summed E-state index contributed by atoms with van der Waals surface area (Å²) in [6.07, 6.45) is 65.2. The van der Waals surface area contributed by atoms with Crippen LogP contribution in [0.5, 0.6) is 0 Å². The molecule has 1 amide bonds. The van der Waals surface area contributed by atoms with Gasteiger partial charge in [0.15, 0.2) is 0 Å². The van der Waals surface area contributed by atoms with E-state index in [2.05, 4.69) is 31.3 Å². The fourth-order valence-electron chi connectivity index (χ4n) is 8.77. The topological polar surface area (TPSA) is 89.8 Å². The van der Waals surface area contributed by atoms with Crippen molar-refractivity contribution in [3.05, 3.63) is 24.3 Å². The van der Waals surface area contributed by atoms with Crippen molar-refractivity contribution in [3.63, 3.8) is 0 Å². The molecular formula is C56H109NO4. The van der Waals surface area contributed by atoms with Crippen molar-refractivity contribution in [3.8, 4) is 0 Å². The lowest BCUT2D eigenvalue weighted by Gasteiger charge is -2.21. The van der Waals surface area contributed by atoms with E-state index < -0.39 is 18.2 Å². The third-order valence-electron chi connectivity index (χ3n) is 13.0. The van der Waals surface area contributed by atoms with Crippen molar-refractivity contribution in [2.75, 3.05) is 6.61 Å². The molecule has 0 aliphatic carbocycles. The van der Waals surface area contributed by atoms with Crippen LogP contribution in [-0.4, -0.2) is 46.1 Å². The maximum atomic E-state index is 12.5. The van der Waals surface area contributed by atoms with Crippen molar-refractivity contribution in [2.24, 2.45) is 0 Å².